The third kappa shape index (κ3) is 21.0. The number of thioether (sulfide) groups is 1. The molecule has 3 rings (SSSR count). The lowest BCUT2D eigenvalue weighted by Gasteiger charge is -2.26. The molecular formula is C49H75N13O10S. The second-order valence-corrected chi connectivity index (χ2v) is 19.7. The Hall–Kier alpha value is -6.98. The zero-order valence-corrected chi connectivity index (χ0v) is 43.6. The van der Waals surface area contributed by atoms with Crippen molar-refractivity contribution in [3.8, 4) is 0 Å². The highest BCUT2D eigenvalue weighted by molar-refractivity contribution is 7.98. The number of benzene rings is 1. The van der Waals surface area contributed by atoms with E-state index in [0.29, 0.717) is 23.4 Å². The number of aromatic amines is 2. The van der Waals surface area contributed by atoms with E-state index >= 15 is 0 Å². The van der Waals surface area contributed by atoms with Gasteiger partial charge in [-0.15, -0.1) is 0 Å². The van der Waals surface area contributed by atoms with E-state index in [9.17, 15) is 47.9 Å². The minimum absolute atomic E-state index is 0.0457. The van der Waals surface area contributed by atoms with Gasteiger partial charge in [0.15, 0.2) is 0 Å². The largest absolute Gasteiger partial charge is 0.370 e. The number of carbonyl (C=O) groups excluding carboxylic acids is 10. The lowest BCUT2D eigenvalue weighted by atomic mass is 10.0. The standard InChI is InChI=1S/C49H75N13O10S/c1-8-9-10-15-40(64)57-35(16-17-39(50)63)45(68)61-37(21-30-23-53-33-14-12-11-13-32(30)33)46(69)56-29(6)44(67)62-42(28(4)5)49(72)54-25-41(65)58-38(22-31-24-52-26-55-31)48(71)60-36(20-27(2)3)47(70)59-34(43(51)66)18-19-73-7/h11-14,23-24,26-29,34-38,42,53H,8-10,15-22,25H2,1-7H3,(H2,50,63)(H2,51,66)(H,52,55)(H,54,72)(H,56,69)(H,57,64)(H,58,65)(H,59,70)(H,60,71)(H,61,68)(H,62,67)/t29-,34-,35-,36-,37-,38-,42-/m0/s1. The van der Waals surface area contributed by atoms with Crippen LogP contribution in [0.3, 0.4) is 0 Å². The van der Waals surface area contributed by atoms with Gasteiger partial charge < -0.3 is 64.0 Å². The van der Waals surface area contributed by atoms with E-state index in [1.165, 1.54) is 31.2 Å². The van der Waals surface area contributed by atoms with Crippen LogP contribution in [-0.2, 0) is 60.8 Å². The normalized spacial score (nSPS) is 14.1. The van der Waals surface area contributed by atoms with Crippen molar-refractivity contribution >= 4 is 81.7 Å². The SMILES string of the molecule is CCCCCC(=O)N[C@@H](CCC(N)=O)C(=O)N[C@@H](Cc1c[nH]c2ccccc12)C(=O)N[C@@H](C)C(=O)N[C@H](C(=O)NCC(=O)N[C@@H](Cc1c[nH]cn1)C(=O)N[C@@H](CC(C)C)C(=O)N[C@@H](CCSC)C(N)=O)C(C)C. The van der Waals surface area contributed by atoms with Gasteiger partial charge in [-0.25, -0.2) is 4.98 Å². The fourth-order valence-electron chi connectivity index (χ4n) is 7.66. The van der Waals surface area contributed by atoms with Crippen LogP contribution in [0.1, 0.15) is 104 Å². The second-order valence-electron chi connectivity index (χ2n) is 18.7. The molecule has 7 atom stereocenters. The highest BCUT2D eigenvalue weighted by atomic mass is 32.2. The molecule has 14 N–H and O–H groups in total. The molecular weight excluding hydrogens is 963 g/mol. The summed E-state index contributed by atoms with van der Waals surface area (Å²) in [7, 11) is 0. The smallest absolute Gasteiger partial charge is 0.243 e. The lowest BCUT2D eigenvalue weighted by molar-refractivity contribution is -0.135. The van der Waals surface area contributed by atoms with E-state index in [1.54, 1.807) is 20.0 Å². The summed E-state index contributed by atoms with van der Waals surface area (Å²) in [6.07, 6.45) is 8.84. The minimum atomic E-state index is -1.29. The first kappa shape index (κ1) is 60.3. The van der Waals surface area contributed by atoms with Crippen LogP contribution < -0.4 is 54.0 Å². The Morgan fingerprint density at radius 2 is 1.29 bits per heavy atom. The number of imidazole rings is 1. The molecule has 10 amide bonds. The summed E-state index contributed by atoms with van der Waals surface area (Å²) >= 11 is 1.47. The van der Waals surface area contributed by atoms with Crippen molar-refractivity contribution in [3.05, 3.63) is 54.2 Å². The van der Waals surface area contributed by atoms with Gasteiger partial charge in [-0.2, -0.15) is 11.8 Å². The Kier molecular flexibility index (Phi) is 25.5. The van der Waals surface area contributed by atoms with Gasteiger partial charge >= 0.3 is 0 Å². The third-order valence-corrected chi connectivity index (χ3v) is 12.4. The highest BCUT2D eigenvalue weighted by Crippen LogP contribution is 2.20. The van der Waals surface area contributed by atoms with Crippen molar-refractivity contribution in [1.29, 1.82) is 0 Å². The van der Waals surface area contributed by atoms with Crippen molar-refractivity contribution in [3.63, 3.8) is 0 Å². The molecule has 0 fully saturated rings. The molecule has 24 heteroatoms. The summed E-state index contributed by atoms with van der Waals surface area (Å²) in [6.45, 7) is 9.74. The first-order chi connectivity index (χ1) is 34.6. The van der Waals surface area contributed by atoms with Crippen LogP contribution in [0.4, 0.5) is 0 Å². The van der Waals surface area contributed by atoms with Gasteiger partial charge in [0.1, 0.15) is 42.3 Å². The van der Waals surface area contributed by atoms with E-state index in [1.807, 2.05) is 51.3 Å². The van der Waals surface area contributed by atoms with Crippen LogP contribution >= 0.6 is 11.8 Å². The predicted octanol–water partition coefficient (Wildman–Crippen LogP) is -0.00780. The van der Waals surface area contributed by atoms with Crippen LogP contribution in [0.25, 0.3) is 10.9 Å². The van der Waals surface area contributed by atoms with Gasteiger partial charge in [-0.1, -0.05) is 65.7 Å². The Morgan fingerprint density at radius 3 is 1.92 bits per heavy atom. The average Bonchev–Trinajstić information content (AvgIpc) is 4.01. The lowest BCUT2D eigenvalue weighted by Crippen LogP contribution is -2.59. The summed E-state index contributed by atoms with van der Waals surface area (Å²) in [4.78, 5) is 143. The second kappa shape index (κ2) is 30.8. The fourth-order valence-corrected chi connectivity index (χ4v) is 8.14. The number of primary amides is 2. The summed E-state index contributed by atoms with van der Waals surface area (Å²) in [5, 5.41) is 21.8. The number of hydrogen-bond donors (Lipinski definition) is 12. The van der Waals surface area contributed by atoms with Gasteiger partial charge in [-0.3, -0.25) is 47.9 Å². The number of rotatable bonds is 33. The number of fused-ring (bicyclic) bond motifs is 1. The molecule has 0 bridgehead atoms. The molecule has 0 saturated carbocycles. The Bertz CT molecular complexity index is 2340. The molecule has 73 heavy (non-hydrogen) atoms. The van der Waals surface area contributed by atoms with Gasteiger partial charge in [-0.05, 0) is 68.1 Å². The topological polar surface area (TPSA) is 363 Å². The molecule has 0 aliphatic rings. The van der Waals surface area contributed by atoms with E-state index in [-0.39, 0.29) is 50.9 Å². The van der Waals surface area contributed by atoms with Crippen LogP contribution in [0.2, 0.25) is 0 Å². The summed E-state index contributed by atoms with van der Waals surface area (Å²) in [6, 6.07) is -1.000. The maximum absolute atomic E-state index is 14.1. The van der Waals surface area contributed by atoms with Crippen molar-refractivity contribution in [1.82, 2.24) is 57.5 Å². The molecule has 402 valence electrons. The number of amides is 10. The minimum Gasteiger partial charge on any atom is -0.370 e. The molecule has 23 nitrogen and oxygen atoms in total. The summed E-state index contributed by atoms with van der Waals surface area (Å²) < 4.78 is 0. The van der Waals surface area contributed by atoms with Gasteiger partial charge in [0.05, 0.1) is 18.6 Å². The van der Waals surface area contributed by atoms with Crippen LogP contribution in [-0.4, -0.2) is 135 Å². The molecule has 0 unspecified atom stereocenters. The average molecular weight is 1040 g/mol. The molecule has 0 aliphatic heterocycles. The van der Waals surface area contributed by atoms with Crippen LogP contribution in [0, 0.1) is 11.8 Å². The third-order valence-electron chi connectivity index (χ3n) is 11.7. The molecule has 3 aromatic rings. The maximum Gasteiger partial charge on any atom is 0.243 e. The van der Waals surface area contributed by atoms with Gasteiger partial charge in [0.2, 0.25) is 59.1 Å². The number of unbranched alkanes of at least 4 members (excludes halogenated alkanes) is 2. The van der Waals surface area contributed by atoms with Gasteiger partial charge in [0.25, 0.3) is 0 Å². The number of carbonyl (C=O) groups is 10. The number of para-hydroxylation sites is 1. The van der Waals surface area contributed by atoms with E-state index in [4.69, 9.17) is 11.5 Å². The zero-order chi connectivity index (χ0) is 54.2. The first-order valence-electron chi connectivity index (χ1n) is 24.6. The molecule has 1 aromatic carbocycles. The first-order valence-corrected chi connectivity index (χ1v) is 26.0. The Morgan fingerprint density at radius 1 is 0.658 bits per heavy atom. The molecule has 0 spiro atoms. The number of H-pyrrole nitrogens is 2. The Balaban J connectivity index is 1.74. The highest BCUT2D eigenvalue weighted by Gasteiger charge is 2.33. The van der Waals surface area contributed by atoms with Crippen molar-refractivity contribution in [2.24, 2.45) is 23.3 Å². The van der Waals surface area contributed by atoms with Gasteiger partial charge in [0, 0.05) is 49.0 Å². The quantitative estimate of drug-likeness (QED) is 0.0359. The molecule has 0 saturated heterocycles. The summed E-state index contributed by atoms with van der Waals surface area (Å²) in [5.41, 5.74) is 12.8. The van der Waals surface area contributed by atoms with Crippen molar-refractivity contribution < 1.29 is 47.9 Å². The number of nitrogens with two attached hydrogens (primary N) is 2. The van der Waals surface area contributed by atoms with Crippen molar-refractivity contribution in [2.75, 3.05) is 18.6 Å². The van der Waals surface area contributed by atoms with E-state index < -0.39 is 114 Å². The Labute approximate surface area is 429 Å². The van der Waals surface area contributed by atoms with E-state index in [0.717, 1.165) is 23.7 Å². The number of hydrogen-bond acceptors (Lipinski definition) is 12. The molecule has 0 aliphatic carbocycles. The summed E-state index contributed by atoms with van der Waals surface area (Å²) in [5.74, 6) is -7.06. The monoisotopic (exact) mass is 1040 g/mol. The number of aromatic nitrogens is 3. The van der Waals surface area contributed by atoms with E-state index in [2.05, 4.69) is 57.5 Å². The van der Waals surface area contributed by atoms with Crippen molar-refractivity contribution in [2.45, 2.75) is 148 Å². The molecule has 2 heterocycles. The van der Waals surface area contributed by atoms with Crippen LogP contribution in [0.5, 0.6) is 0 Å². The van der Waals surface area contributed by atoms with Crippen LogP contribution in [0.15, 0.2) is 43.0 Å². The molecule has 0 radical (unpaired) electrons. The number of nitrogens with zero attached hydrogens (tertiary/aromatic N) is 1. The number of nitrogens with one attached hydrogen (secondary N) is 10. The zero-order valence-electron chi connectivity index (χ0n) is 42.8. The maximum atomic E-state index is 14.1. The molecule has 2 aromatic heterocycles. The predicted molar refractivity (Wildman–Crippen MR) is 276 cm³/mol. The fraction of sp³-hybridized carbons (Fsp3) is 0.571.